The zero-order valence-corrected chi connectivity index (χ0v) is 22.9. The number of Topliss-reactive ketones (excluding diaryl/α,β-unsaturated/α-hetero) is 1. The molecule has 2 amide bonds. The number of hydrogen-bond acceptors (Lipinski definition) is 5. The number of carbonyl (C=O) groups excluding carboxylic acids is 4. The Labute approximate surface area is 241 Å². The summed E-state index contributed by atoms with van der Waals surface area (Å²) >= 11 is 0. The molecule has 2 atom stereocenters. The highest BCUT2D eigenvalue weighted by Gasteiger charge is 2.34. The summed E-state index contributed by atoms with van der Waals surface area (Å²) in [6.45, 7) is 1.80. The number of ketones is 1. The van der Waals surface area contributed by atoms with E-state index in [9.17, 15) is 32.3 Å². The van der Waals surface area contributed by atoms with Gasteiger partial charge in [-0.25, -0.2) is 4.79 Å². The van der Waals surface area contributed by atoms with E-state index < -0.39 is 47.3 Å². The molecule has 0 radical (unpaired) electrons. The molecule has 11 heteroatoms. The molecule has 42 heavy (non-hydrogen) atoms. The molecule has 0 saturated carbocycles. The van der Waals surface area contributed by atoms with Crippen molar-refractivity contribution in [3.8, 4) is 11.3 Å². The van der Waals surface area contributed by atoms with Gasteiger partial charge >= 0.3 is 12.1 Å². The van der Waals surface area contributed by atoms with Crippen molar-refractivity contribution in [2.45, 2.75) is 44.8 Å². The third-order valence-corrected chi connectivity index (χ3v) is 6.42. The zero-order chi connectivity index (χ0) is 30.7. The number of esters is 1. The standard InChI is InChI=1S/C31H32F3N3O5/c1-2-42-29(40)17-13-22(12-16-28(35)39)36-30(41)21(18-20-8-4-3-5-9-20)19-27(38)26-15-14-25(37-26)23-10-6-7-11-24(23)31(32,33)34/h3-11,13-15,17,21-22,37H,2,12,16,18-19H2,1H3,(H2,35,39)(H,36,41)/b17-13+/t21-,22+/m1/s1. The van der Waals surface area contributed by atoms with Crippen LogP contribution in [0.4, 0.5) is 13.2 Å². The van der Waals surface area contributed by atoms with E-state index in [2.05, 4.69) is 10.3 Å². The van der Waals surface area contributed by atoms with Crippen LogP contribution < -0.4 is 11.1 Å². The maximum absolute atomic E-state index is 13.5. The first-order chi connectivity index (χ1) is 20.0. The Hall–Kier alpha value is -4.67. The first-order valence-electron chi connectivity index (χ1n) is 13.3. The van der Waals surface area contributed by atoms with Gasteiger partial charge in [-0.15, -0.1) is 0 Å². The third kappa shape index (κ3) is 9.46. The molecule has 4 N–H and O–H groups in total. The molecule has 3 aromatic rings. The van der Waals surface area contributed by atoms with Gasteiger partial charge < -0.3 is 20.8 Å². The van der Waals surface area contributed by atoms with Crippen molar-refractivity contribution >= 4 is 23.6 Å². The molecule has 1 heterocycles. The molecular formula is C31H32F3N3O5. The van der Waals surface area contributed by atoms with Crippen molar-refractivity contribution in [3.63, 3.8) is 0 Å². The Morgan fingerprint density at radius 1 is 1.00 bits per heavy atom. The van der Waals surface area contributed by atoms with Crippen molar-refractivity contribution in [1.29, 1.82) is 0 Å². The predicted molar refractivity (Wildman–Crippen MR) is 150 cm³/mol. The number of aromatic amines is 1. The topological polar surface area (TPSA) is 131 Å². The van der Waals surface area contributed by atoms with Gasteiger partial charge in [0.1, 0.15) is 0 Å². The van der Waals surface area contributed by atoms with E-state index >= 15 is 0 Å². The number of H-pyrrole nitrogens is 1. The smallest absolute Gasteiger partial charge is 0.417 e. The van der Waals surface area contributed by atoms with E-state index in [1.807, 2.05) is 6.07 Å². The number of nitrogens with one attached hydrogen (secondary N) is 2. The van der Waals surface area contributed by atoms with Gasteiger partial charge in [0, 0.05) is 42.1 Å². The van der Waals surface area contributed by atoms with Crippen LogP contribution in [-0.2, 0) is 31.7 Å². The number of primary amides is 1. The van der Waals surface area contributed by atoms with Crippen molar-refractivity contribution in [1.82, 2.24) is 10.3 Å². The quantitative estimate of drug-likeness (QED) is 0.140. The van der Waals surface area contributed by atoms with E-state index in [0.29, 0.717) is 0 Å². The summed E-state index contributed by atoms with van der Waals surface area (Å²) in [4.78, 5) is 52.7. The van der Waals surface area contributed by atoms with Crippen LogP contribution in [0.2, 0.25) is 0 Å². The second kappa shape index (κ2) is 14.8. The molecule has 0 fully saturated rings. The molecule has 222 valence electrons. The lowest BCUT2D eigenvalue weighted by molar-refractivity contribution is -0.138. The number of carbonyl (C=O) groups is 4. The Kier molecular flexibility index (Phi) is 11.2. The number of alkyl halides is 3. The second-order valence-corrected chi connectivity index (χ2v) is 9.57. The fourth-order valence-electron chi connectivity index (χ4n) is 4.37. The Morgan fingerprint density at radius 3 is 2.36 bits per heavy atom. The van der Waals surface area contributed by atoms with Crippen molar-refractivity contribution in [3.05, 3.63) is 95.7 Å². The van der Waals surface area contributed by atoms with Gasteiger partial charge in [0.15, 0.2) is 5.78 Å². The predicted octanol–water partition coefficient (Wildman–Crippen LogP) is 5.00. The first kappa shape index (κ1) is 31.9. The van der Waals surface area contributed by atoms with E-state index in [1.165, 1.54) is 36.4 Å². The summed E-state index contributed by atoms with van der Waals surface area (Å²) in [6.07, 6.45) is -2.06. The third-order valence-electron chi connectivity index (χ3n) is 6.42. The maximum atomic E-state index is 13.5. The molecule has 0 unspecified atom stereocenters. The second-order valence-electron chi connectivity index (χ2n) is 9.57. The number of halogens is 3. The van der Waals surface area contributed by atoms with Crippen LogP contribution in [0.1, 0.15) is 47.8 Å². The SMILES string of the molecule is CCOC(=O)/C=C/[C@H](CCC(N)=O)NC(=O)[C@@H](CC(=O)c1ccc(-c2ccccc2C(F)(F)F)[nH]1)Cc1ccccc1. The van der Waals surface area contributed by atoms with Crippen LogP contribution >= 0.6 is 0 Å². The largest absolute Gasteiger partial charge is 0.463 e. The summed E-state index contributed by atoms with van der Waals surface area (Å²) in [6, 6.07) is 16.1. The zero-order valence-electron chi connectivity index (χ0n) is 22.9. The fourth-order valence-corrected chi connectivity index (χ4v) is 4.37. The van der Waals surface area contributed by atoms with Gasteiger partial charge in [-0.3, -0.25) is 14.4 Å². The highest BCUT2D eigenvalue weighted by Crippen LogP contribution is 2.36. The van der Waals surface area contributed by atoms with Gasteiger partial charge in [0.25, 0.3) is 0 Å². The number of benzene rings is 2. The summed E-state index contributed by atoms with van der Waals surface area (Å²) in [7, 11) is 0. The summed E-state index contributed by atoms with van der Waals surface area (Å²) in [5, 5.41) is 2.77. The van der Waals surface area contributed by atoms with Crippen LogP contribution in [0, 0.1) is 5.92 Å². The number of ether oxygens (including phenoxy) is 1. The van der Waals surface area contributed by atoms with E-state index in [0.717, 1.165) is 17.7 Å². The van der Waals surface area contributed by atoms with Gasteiger partial charge in [-0.1, -0.05) is 54.6 Å². The van der Waals surface area contributed by atoms with Crippen LogP contribution in [0.25, 0.3) is 11.3 Å². The molecule has 1 aromatic heterocycles. The van der Waals surface area contributed by atoms with Gasteiger partial charge in [-0.2, -0.15) is 13.2 Å². The lowest BCUT2D eigenvalue weighted by Gasteiger charge is -2.20. The maximum Gasteiger partial charge on any atom is 0.417 e. The Bertz CT molecular complexity index is 1420. The number of amides is 2. The molecule has 0 aliphatic carbocycles. The van der Waals surface area contributed by atoms with E-state index in [4.69, 9.17) is 10.5 Å². The lowest BCUT2D eigenvalue weighted by Crippen LogP contribution is -2.40. The minimum Gasteiger partial charge on any atom is -0.463 e. The highest BCUT2D eigenvalue weighted by atomic mass is 19.4. The minimum atomic E-state index is -4.59. The fraction of sp³-hybridized carbons (Fsp3) is 0.290. The van der Waals surface area contributed by atoms with Gasteiger partial charge in [0.2, 0.25) is 11.8 Å². The van der Waals surface area contributed by atoms with Crippen LogP contribution in [0.5, 0.6) is 0 Å². The Morgan fingerprint density at radius 2 is 1.69 bits per heavy atom. The van der Waals surface area contributed by atoms with E-state index in [1.54, 1.807) is 31.2 Å². The molecule has 0 bridgehead atoms. The van der Waals surface area contributed by atoms with Gasteiger partial charge in [-0.05, 0) is 43.5 Å². The lowest BCUT2D eigenvalue weighted by atomic mass is 9.92. The van der Waals surface area contributed by atoms with Gasteiger partial charge in [0.05, 0.1) is 17.9 Å². The minimum absolute atomic E-state index is 0.0559. The van der Waals surface area contributed by atoms with Crippen LogP contribution in [-0.4, -0.2) is 41.2 Å². The summed E-state index contributed by atoms with van der Waals surface area (Å²) < 4.78 is 45.5. The van der Waals surface area contributed by atoms with E-state index in [-0.39, 0.29) is 49.2 Å². The molecule has 0 saturated heterocycles. The van der Waals surface area contributed by atoms with Crippen LogP contribution in [0.3, 0.4) is 0 Å². The number of rotatable bonds is 14. The number of aromatic nitrogens is 1. The van der Waals surface area contributed by atoms with Crippen molar-refractivity contribution in [2.24, 2.45) is 11.7 Å². The molecule has 3 rings (SSSR count). The highest BCUT2D eigenvalue weighted by molar-refractivity contribution is 5.98. The average molecular weight is 584 g/mol. The van der Waals surface area contributed by atoms with Crippen molar-refractivity contribution in [2.75, 3.05) is 6.61 Å². The molecule has 2 aromatic carbocycles. The molecule has 8 nitrogen and oxygen atoms in total. The normalized spacial score (nSPS) is 13.0. The summed E-state index contributed by atoms with van der Waals surface area (Å²) in [5.74, 6) is -3.07. The molecular weight excluding hydrogens is 551 g/mol. The van der Waals surface area contributed by atoms with Crippen LogP contribution in [0.15, 0.2) is 78.9 Å². The molecule has 0 aliphatic rings. The first-order valence-corrected chi connectivity index (χ1v) is 13.3. The number of nitrogens with two attached hydrogens (primary N) is 1. The molecule has 0 spiro atoms. The number of hydrogen-bond donors (Lipinski definition) is 3. The summed E-state index contributed by atoms with van der Waals surface area (Å²) in [5.41, 5.74) is 5.28. The average Bonchev–Trinajstić information content (AvgIpc) is 3.45. The monoisotopic (exact) mass is 583 g/mol. The van der Waals surface area contributed by atoms with Crippen molar-refractivity contribution < 1.29 is 37.1 Å². The Balaban J connectivity index is 1.83. The molecule has 0 aliphatic heterocycles.